The Labute approximate surface area is 230 Å². The molecule has 0 radical (unpaired) electrons. The van der Waals surface area contributed by atoms with Gasteiger partial charge in [-0.1, -0.05) is 36.4 Å². The fourth-order valence-electron chi connectivity index (χ4n) is 3.45. The van der Waals surface area contributed by atoms with E-state index in [1.807, 2.05) is 12.1 Å². The van der Waals surface area contributed by atoms with Crippen molar-refractivity contribution in [2.45, 2.75) is 4.90 Å². The van der Waals surface area contributed by atoms with Crippen LogP contribution in [0.1, 0.15) is 15.9 Å². The average Bonchev–Trinajstić information content (AvgIpc) is 2.97. The number of rotatable bonds is 10. The maximum atomic E-state index is 13.3. The number of benzene rings is 3. The van der Waals surface area contributed by atoms with E-state index in [0.717, 1.165) is 4.90 Å². The molecule has 0 bridgehead atoms. The smallest absolute Gasteiger partial charge is 0.272 e. The first-order valence-corrected chi connectivity index (χ1v) is 12.9. The lowest BCUT2D eigenvalue weighted by Crippen LogP contribution is -2.30. The molecule has 0 saturated heterocycles. The number of anilines is 2. The van der Waals surface area contributed by atoms with Crippen LogP contribution in [0.15, 0.2) is 114 Å². The van der Waals surface area contributed by atoms with E-state index in [0.29, 0.717) is 28.3 Å². The van der Waals surface area contributed by atoms with Crippen LogP contribution in [0.4, 0.5) is 11.4 Å². The Hall–Kier alpha value is -4.89. The van der Waals surface area contributed by atoms with Gasteiger partial charge in [-0.15, -0.1) is 11.8 Å². The summed E-state index contributed by atoms with van der Waals surface area (Å²) in [6.07, 6.45) is 4.81. The summed E-state index contributed by atoms with van der Waals surface area (Å²) in [6, 6.07) is 26.3. The number of nitrogens with one attached hydrogen (secondary N) is 3. The number of nitrogens with zero attached hydrogens (tertiary/aromatic N) is 1. The maximum Gasteiger partial charge on any atom is 0.272 e. The van der Waals surface area contributed by atoms with Gasteiger partial charge in [0.1, 0.15) is 11.4 Å². The van der Waals surface area contributed by atoms with Crippen molar-refractivity contribution in [2.24, 2.45) is 0 Å². The number of hydrogen-bond acceptors (Lipinski definition) is 6. The highest BCUT2D eigenvalue weighted by Crippen LogP contribution is 2.23. The second kappa shape index (κ2) is 13.6. The fraction of sp³-hybridized carbons (Fsp3) is 0.0667. The topological polar surface area (TPSA) is 109 Å². The van der Waals surface area contributed by atoms with Crippen LogP contribution in [0, 0.1) is 0 Å². The van der Waals surface area contributed by atoms with Gasteiger partial charge in [-0.25, -0.2) is 0 Å². The number of aromatic nitrogens is 1. The average molecular weight is 539 g/mol. The zero-order valence-corrected chi connectivity index (χ0v) is 21.9. The summed E-state index contributed by atoms with van der Waals surface area (Å²) in [5, 5.41) is 8.38. The van der Waals surface area contributed by atoms with Gasteiger partial charge in [0.25, 0.3) is 11.8 Å². The lowest BCUT2D eigenvalue weighted by molar-refractivity contribution is -0.114. The Morgan fingerprint density at radius 3 is 2.31 bits per heavy atom. The van der Waals surface area contributed by atoms with Crippen LogP contribution in [-0.4, -0.2) is 35.6 Å². The van der Waals surface area contributed by atoms with Crippen molar-refractivity contribution in [3.8, 4) is 5.75 Å². The lowest BCUT2D eigenvalue weighted by atomic mass is 10.1. The molecule has 0 atom stereocenters. The molecule has 0 aliphatic carbocycles. The zero-order valence-electron chi connectivity index (χ0n) is 21.1. The van der Waals surface area contributed by atoms with Crippen LogP contribution in [0.3, 0.4) is 0 Å². The largest absolute Gasteiger partial charge is 0.497 e. The van der Waals surface area contributed by atoms with Crippen molar-refractivity contribution >= 4 is 46.9 Å². The summed E-state index contributed by atoms with van der Waals surface area (Å²) in [5.74, 6) is -0.193. The van der Waals surface area contributed by atoms with Gasteiger partial charge in [-0.2, -0.15) is 0 Å². The summed E-state index contributed by atoms with van der Waals surface area (Å²) >= 11 is 1.34. The van der Waals surface area contributed by atoms with E-state index in [-0.39, 0.29) is 17.4 Å². The molecule has 0 aliphatic heterocycles. The van der Waals surface area contributed by atoms with Crippen molar-refractivity contribution in [3.05, 3.63) is 120 Å². The molecule has 39 heavy (non-hydrogen) atoms. The van der Waals surface area contributed by atoms with Crippen LogP contribution >= 0.6 is 11.8 Å². The summed E-state index contributed by atoms with van der Waals surface area (Å²) in [6.45, 7) is 0. The Bertz CT molecular complexity index is 1460. The molecule has 3 N–H and O–H groups in total. The Morgan fingerprint density at radius 2 is 1.59 bits per heavy atom. The lowest BCUT2D eigenvalue weighted by Gasteiger charge is -2.12. The molecule has 4 rings (SSSR count). The summed E-state index contributed by atoms with van der Waals surface area (Å²) < 4.78 is 5.20. The first kappa shape index (κ1) is 27.2. The van der Waals surface area contributed by atoms with E-state index in [4.69, 9.17) is 4.74 Å². The molecule has 1 aromatic heterocycles. The van der Waals surface area contributed by atoms with Gasteiger partial charge < -0.3 is 20.7 Å². The van der Waals surface area contributed by atoms with Gasteiger partial charge in [-0.05, 0) is 66.2 Å². The third-order valence-electron chi connectivity index (χ3n) is 5.38. The highest BCUT2D eigenvalue weighted by molar-refractivity contribution is 8.00. The highest BCUT2D eigenvalue weighted by atomic mass is 32.2. The molecule has 0 unspecified atom stereocenters. The first-order valence-electron chi connectivity index (χ1n) is 12.0. The van der Waals surface area contributed by atoms with E-state index >= 15 is 0 Å². The van der Waals surface area contributed by atoms with E-state index in [2.05, 4.69) is 20.9 Å². The molecule has 196 valence electrons. The van der Waals surface area contributed by atoms with Crippen LogP contribution in [0.5, 0.6) is 5.75 Å². The van der Waals surface area contributed by atoms with Crippen LogP contribution in [-0.2, 0) is 9.59 Å². The number of carbonyl (C=O) groups is 3. The minimum atomic E-state index is -0.493. The number of methoxy groups -OCH3 is 1. The third-order valence-corrected chi connectivity index (χ3v) is 6.38. The highest BCUT2D eigenvalue weighted by Gasteiger charge is 2.15. The van der Waals surface area contributed by atoms with Gasteiger partial charge in [0.15, 0.2) is 0 Å². The minimum absolute atomic E-state index is 0.0730. The van der Waals surface area contributed by atoms with E-state index in [9.17, 15) is 14.4 Å². The van der Waals surface area contributed by atoms with Gasteiger partial charge in [-0.3, -0.25) is 19.4 Å². The molecule has 9 heteroatoms. The van der Waals surface area contributed by atoms with Crippen LogP contribution in [0.2, 0.25) is 0 Å². The van der Waals surface area contributed by atoms with Crippen molar-refractivity contribution in [1.29, 1.82) is 0 Å². The van der Waals surface area contributed by atoms with E-state index < -0.39 is 11.8 Å². The number of carbonyl (C=O) groups excluding carboxylic acids is 3. The Kier molecular flexibility index (Phi) is 9.47. The van der Waals surface area contributed by atoms with Gasteiger partial charge >= 0.3 is 0 Å². The number of amides is 3. The second-order valence-electron chi connectivity index (χ2n) is 8.21. The van der Waals surface area contributed by atoms with Gasteiger partial charge in [0.05, 0.1) is 12.9 Å². The van der Waals surface area contributed by atoms with Gasteiger partial charge in [0.2, 0.25) is 5.91 Å². The monoisotopic (exact) mass is 538 g/mol. The predicted octanol–water partition coefficient (Wildman–Crippen LogP) is 5.23. The molecule has 3 amide bonds. The number of ether oxygens (including phenoxy) is 1. The molecule has 1 heterocycles. The van der Waals surface area contributed by atoms with E-state index in [1.54, 1.807) is 104 Å². The number of thioether (sulfide) groups is 1. The zero-order chi connectivity index (χ0) is 27.5. The summed E-state index contributed by atoms with van der Waals surface area (Å²) in [7, 11) is 1.57. The number of pyridine rings is 1. The normalized spacial score (nSPS) is 10.8. The maximum absolute atomic E-state index is 13.3. The Balaban J connectivity index is 1.46. The van der Waals surface area contributed by atoms with Crippen LogP contribution < -0.4 is 20.7 Å². The van der Waals surface area contributed by atoms with E-state index in [1.165, 1.54) is 11.8 Å². The summed E-state index contributed by atoms with van der Waals surface area (Å²) in [5.41, 5.74) is 2.40. The molecule has 3 aromatic carbocycles. The SMILES string of the molecule is COc1ccc(/C=C(/NC(=O)c2ccccc2)C(=O)Nc2cccc(SCC(=O)Nc3ccncc3)c2)cc1. The quantitative estimate of drug-likeness (QED) is 0.188. The molecule has 0 fully saturated rings. The molecule has 0 spiro atoms. The molecule has 8 nitrogen and oxygen atoms in total. The molecule has 4 aromatic rings. The Morgan fingerprint density at radius 1 is 0.846 bits per heavy atom. The fourth-order valence-corrected chi connectivity index (χ4v) is 4.21. The summed E-state index contributed by atoms with van der Waals surface area (Å²) in [4.78, 5) is 43.2. The van der Waals surface area contributed by atoms with Gasteiger partial charge in [0, 0.05) is 34.2 Å². The standard InChI is InChI=1S/C30H26N4O4S/c1-38-25-12-10-21(11-13-25)18-27(34-29(36)22-6-3-2-4-7-22)30(37)33-24-8-5-9-26(19-24)39-20-28(35)32-23-14-16-31-17-15-23/h2-19H,20H2,1H3,(H,33,37)(H,34,36)(H,31,32,35)/b27-18+. The third kappa shape index (κ3) is 8.31. The minimum Gasteiger partial charge on any atom is -0.497 e. The van der Waals surface area contributed by atoms with Crippen LogP contribution in [0.25, 0.3) is 6.08 Å². The van der Waals surface area contributed by atoms with Crippen molar-refractivity contribution in [3.63, 3.8) is 0 Å². The molecular weight excluding hydrogens is 512 g/mol. The second-order valence-corrected chi connectivity index (χ2v) is 9.25. The first-order chi connectivity index (χ1) is 19.0. The van der Waals surface area contributed by atoms with Crippen molar-refractivity contribution < 1.29 is 19.1 Å². The van der Waals surface area contributed by atoms with Crippen molar-refractivity contribution in [1.82, 2.24) is 10.3 Å². The molecule has 0 saturated carbocycles. The molecular formula is C30H26N4O4S. The number of hydrogen-bond donors (Lipinski definition) is 3. The predicted molar refractivity (Wildman–Crippen MR) is 154 cm³/mol. The van der Waals surface area contributed by atoms with Crippen molar-refractivity contribution in [2.75, 3.05) is 23.5 Å². The molecule has 0 aliphatic rings.